The number of carbonyl (C=O) groups is 1. The first kappa shape index (κ1) is 20.2. The van der Waals surface area contributed by atoms with Crippen molar-refractivity contribution in [2.75, 3.05) is 6.61 Å². The molecule has 0 atom stereocenters. The normalized spacial score (nSPS) is 11.5. The van der Waals surface area contributed by atoms with Crippen LogP contribution in [0.15, 0.2) is 54.6 Å². The van der Waals surface area contributed by atoms with E-state index in [1.54, 1.807) is 13.0 Å². The molecule has 6 nitrogen and oxygen atoms in total. The minimum absolute atomic E-state index is 0.332. The quantitative estimate of drug-likeness (QED) is 0.361. The lowest BCUT2D eigenvalue weighted by Gasteiger charge is -2.11. The number of nitrogens with one attached hydrogen (secondary N) is 1. The Hall–Kier alpha value is -4.11. The fraction of sp³-hybridized carbons (Fsp3) is 0.160. The van der Waals surface area contributed by atoms with E-state index in [0.29, 0.717) is 23.6 Å². The number of hydrogen-bond acceptors (Lipinski definition) is 4. The highest BCUT2D eigenvalue weighted by molar-refractivity contribution is 5.91. The van der Waals surface area contributed by atoms with Gasteiger partial charge >= 0.3 is 5.97 Å². The summed E-state index contributed by atoms with van der Waals surface area (Å²) in [5.74, 6) is 0.196. The highest BCUT2D eigenvalue weighted by Crippen LogP contribution is 2.26. The standard InChI is InChI=1S/C25H22N4O2/c1-4-31-25(30)18-8-7-9-21(14-18)29-16(2)12-19(17(29)3)13-20(15-26)24-27-22-10-5-6-11-23(22)28-24/h5-14H,4H2,1-3H3,(H,27,28)/b20-13-. The topological polar surface area (TPSA) is 83.7 Å². The molecule has 6 heteroatoms. The van der Waals surface area contributed by atoms with Crippen LogP contribution in [0.4, 0.5) is 0 Å². The zero-order chi connectivity index (χ0) is 22.0. The first-order valence-corrected chi connectivity index (χ1v) is 10.0. The number of nitriles is 1. The smallest absolute Gasteiger partial charge is 0.338 e. The van der Waals surface area contributed by atoms with Gasteiger partial charge in [0.25, 0.3) is 0 Å². The molecule has 0 amide bonds. The third-order valence-electron chi connectivity index (χ3n) is 5.15. The van der Waals surface area contributed by atoms with Crippen LogP contribution < -0.4 is 0 Å². The number of benzene rings is 2. The lowest BCUT2D eigenvalue weighted by Crippen LogP contribution is -2.06. The molecule has 0 aliphatic heterocycles. The molecule has 4 rings (SSSR count). The number of aromatic amines is 1. The van der Waals surface area contributed by atoms with Gasteiger partial charge < -0.3 is 14.3 Å². The van der Waals surface area contributed by atoms with Crippen molar-refractivity contribution in [1.82, 2.24) is 14.5 Å². The first-order valence-electron chi connectivity index (χ1n) is 10.0. The molecule has 2 heterocycles. The molecule has 0 saturated carbocycles. The summed E-state index contributed by atoms with van der Waals surface area (Å²) in [6, 6.07) is 19.3. The zero-order valence-electron chi connectivity index (χ0n) is 17.6. The number of rotatable bonds is 5. The van der Waals surface area contributed by atoms with Gasteiger partial charge in [0.2, 0.25) is 0 Å². The lowest BCUT2D eigenvalue weighted by molar-refractivity contribution is 0.0526. The van der Waals surface area contributed by atoms with E-state index in [-0.39, 0.29) is 5.97 Å². The monoisotopic (exact) mass is 410 g/mol. The number of carbonyl (C=O) groups excluding carboxylic acids is 1. The highest BCUT2D eigenvalue weighted by atomic mass is 16.5. The van der Waals surface area contributed by atoms with Crippen LogP contribution in [0.3, 0.4) is 0 Å². The molecular weight excluding hydrogens is 388 g/mol. The van der Waals surface area contributed by atoms with Crippen molar-refractivity contribution in [2.45, 2.75) is 20.8 Å². The number of para-hydroxylation sites is 2. The molecule has 2 aromatic carbocycles. The highest BCUT2D eigenvalue weighted by Gasteiger charge is 2.14. The van der Waals surface area contributed by atoms with Gasteiger partial charge in [-0.25, -0.2) is 9.78 Å². The van der Waals surface area contributed by atoms with E-state index in [0.717, 1.165) is 33.7 Å². The summed E-state index contributed by atoms with van der Waals surface area (Å²) in [5.41, 5.74) is 6.40. The number of fused-ring (bicyclic) bond motifs is 1. The molecule has 0 bridgehead atoms. The van der Waals surface area contributed by atoms with Gasteiger partial charge in [-0.2, -0.15) is 5.26 Å². The van der Waals surface area contributed by atoms with Crippen LogP contribution >= 0.6 is 0 Å². The second-order valence-corrected chi connectivity index (χ2v) is 7.21. The Morgan fingerprint density at radius 2 is 2.00 bits per heavy atom. The van der Waals surface area contributed by atoms with E-state index in [1.807, 2.05) is 68.5 Å². The number of aryl methyl sites for hydroxylation is 1. The molecule has 0 fully saturated rings. The Morgan fingerprint density at radius 1 is 1.19 bits per heavy atom. The van der Waals surface area contributed by atoms with Crippen molar-refractivity contribution in [1.29, 1.82) is 5.26 Å². The number of nitrogens with zero attached hydrogens (tertiary/aromatic N) is 3. The lowest BCUT2D eigenvalue weighted by atomic mass is 10.1. The molecular formula is C25H22N4O2. The molecule has 4 aromatic rings. The minimum atomic E-state index is -0.344. The number of H-pyrrole nitrogens is 1. The van der Waals surface area contributed by atoms with Crippen molar-refractivity contribution in [3.05, 3.63) is 82.9 Å². The Kier molecular flexibility index (Phi) is 5.42. The fourth-order valence-electron chi connectivity index (χ4n) is 3.71. The van der Waals surface area contributed by atoms with Crippen LogP contribution in [0.25, 0.3) is 28.4 Å². The van der Waals surface area contributed by atoms with Crippen molar-refractivity contribution < 1.29 is 9.53 Å². The average Bonchev–Trinajstić information content (AvgIpc) is 3.32. The maximum absolute atomic E-state index is 12.1. The summed E-state index contributed by atoms with van der Waals surface area (Å²) in [5, 5.41) is 9.76. The molecule has 1 N–H and O–H groups in total. The van der Waals surface area contributed by atoms with E-state index in [2.05, 4.69) is 20.6 Å². The Labute approximate surface area is 180 Å². The second kappa shape index (κ2) is 8.33. The van der Waals surface area contributed by atoms with Gasteiger partial charge in [-0.3, -0.25) is 0 Å². The van der Waals surface area contributed by atoms with Crippen LogP contribution in [-0.4, -0.2) is 27.1 Å². The molecule has 0 aliphatic carbocycles. The summed E-state index contributed by atoms with van der Waals surface area (Å²) < 4.78 is 7.18. The van der Waals surface area contributed by atoms with Crippen molar-refractivity contribution in [2.24, 2.45) is 0 Å². The summed E-state index contributed by atoms with van der Waals surface area (Å²) in [4.78, 5) is 19.9. The number of imidazole rings is 1. The van der Waals surface area contributed by atoms with Crippen LogP contribution in [0, 0.1) is 25.2 Å². The Bertz CT molecular complexity index is 1320. The van der Waals surface area contributed by atoms with E-state index in [1.165, 1.54) is 0 Å². The predicted molar refractivity (Wildman–Crippen MR) is 121 cm³/mol. The molecule has 0 aliphatic rings. The van der Waals surface area contributed by atoms with E-state index in [4.69, 9.17) is 4.74 Å². The van der Waals surface area contributed by atoms with Crippen LogP contribution in [-0.2, 0) is 4.74 Å². The summed E-state index contributed by atoms with van der Waals surface area (Å²) in [6.07, 6.45) is 1.84. The third-order valence-corrected chi connectivity index (χ3v) is 5.15. The molecule has 0 spiro atoms. The minimum Gasteiger partial charge on any atom is -0.462 e. The fourth-order valence-corrected chi connectivity index (χ4v) is 3.71. The number of aromatic nitrogens is 3. The zero-order valence-corrected chi connectivity index (χ0v) is 17.6. The van der Waals surface area contributed by atoms with Crippen molar-refractivity contribution in [3.63, 3.8) is 0 Å². The largest absolute Gasteiger partial charge is 0.462 e. The average molecular weight is 410 g/mol. The number of esters is 1. The number of ether oxygens (including phenoxy) is 1. The molecule has 0 saturated heterocycles. The Morgan fingerprint density at radius 3 is 2.74 bits per heavy atom. The maximum atomic E-state index is 12.1. The molecule has 0 unspecified atom stereocenters. The molecule has 154 valence electrons. The van der Waals surface area contributed by atoms with Gasteiger partial charge in [0.15, 0.2) is 0 Å². The summed E-state index contributed by atoms with van der Waals surface area (Å²) >= 11 is 0. The summed E-state index contributed by atoms with van der Waals surface area (Å²) in [7, 11) is 0. The van der Waals surface area contributed by atoms with Gasteiger partial charge in [0, 0.05) is 17.1 Å². The molecule has 31 heavy (non-hydrogen) atoms. The van der Waals surface area contributed by atoms with Crippen LogP contribution in [0.1, 0.15) is 40.1 Å². The van der Waals surface area contributed by atoms with Gasteiger partial charge in [-0.05, 0) is 68.8 Å². The van der Waals surface area contributed by atoms with Crippen molar-refractivity contribution >= 4 is 28.7 Å². The maximum Gasteiger partial charge on any atom is 0.338 e. The molecule has 2 aromatic heterocycles. The van der Waals surface area contributed by atoms with Gasteiger partial charge in [0.05, 0.1) is 28.8 Å². The second-order valence-electron chi connectivity index (χ2n) is 7.21. The van der Waals surface area contributed by atoms with Crippen molar-refractivity contribution in [3.8, 4) is 11.8 Å². The number of hydrogen-bond donors (Lipinski definition) is 1. The van der Waals surface area contributed by atoms with E-state index >= 15 is 0 Å². The predicted octanol–water partition coefficient (Wildman–Crippen LogP) is 5.21. The van der Waals surface area contributed by atoms with Crippen LogP contribution in [0.5, 0.6) is 0 Å². The summed E-state index contributed by atoms with van der Waals surface area (Å²) in [6.45, 7) is 6.10. The molecule has 0 radical (unpaired) electrons. The SMILES string of the molecule is CCOC(=O)c1cccc(-n2c(C)cc(/C=C(/C#N)c3nc4ccccc4[nH]3)c2C)c1. The van der Waals surface area contributed by atoms with Gasteiger partial charge in [-0.1, -0.05) is 18.2 Å². The first-order chi connectivity index (χ1) is 15.0. The third kappa shape index (κ3) is 3.86. The van der Waals surface area contributed by atoms with Gasteiger partial charge in [0.1, 0.15) is 11.9 Å². The van der Waals surface area contributed by atoms with E-state index in [9.17, 15) is 10.1 Å². The van der Waals surface area contributed by atoms with Crippen LogP contribution in [0.2, 0.25) is 0 Å². The van der Waals surface area contributed by atoms with E-state index < -0.39 is 0 Å². The number of allylic oxidation sites excluding steroid dienone is 1. The van der Waals surface area contributed by atoms with Gasteiger partial charge in [-0.15, -0.1) is 0 Å². The Balaban J connectivity index is 1.75.